The zero-order valence-corrected chi connectivity index (χ0v) is 17.3. The minimum Gasteiger partial charge on any atom is -0.336 e. The highest BCUT2D eigenvalue weighted by Gasteiger charge is 2.21. The predicted octanol–water partition coefficient (Wildman–Crippen LogP) is 5.13. The molecule has 0 spiro atoms. The fourth-order valence-corrected chi connectivity index (χ4v) is 4.04. The van der Waals surface area contributed by atoms with E-state index in [1.807, 2.05) is 18.2 Å². The largest absolute Gasteiger partial charge is 0.336 e. The Bertz CT molecular complexity index is 783. The molecule has 0 unspecified atom stereocenters. The second-order valence-corrected chi connectivity index (χ2v) is 7.90. The molecular formula is C21H26ClN3S. The lowest BCUT2D eigenvalue weighted by molar-refractivity contribution is 0.134. The van der Waals surface area contributed by atoms with Gasteiger partial charge < -0.3 is 10.2 Å². The first-order chi connectivity index (χ1) is 12.4. The zero-order chi connectivity index (χ0) is 18.7. The van der Waals surface area contributed by atoms with Crippen LogP contribution in [0.15, 0.2) is 36.4 Å². The van der Waals surface area contributed by atoms with Crippen molar-refractivity contribution < 1.29 is 0 Å². The molecule has 1 aliphatic rings. The summed E-state index contributed by atoms with van der Waals surface area (Å²) in [4.78, 5) is 4.64. The van der Waals surface area contributed by atoms with Gasteiger partial charge in [0.15, 0.2) is 5.11 Å². The number of nitrogens with one attached hydrogen (secondary N) is 1. The van der Waals surface area contributed by atoms with Crippen molar-refractivity contribution in [2.45, 2.75) is 33.7 Å². The summed E-state index contributed by atoms with van der Waals surface area (Å²) in [6.07, 6.45) is 1.10. The lowest BCUT2D eigenvalue weighted by atomic mass is 10.1. The number of hydrogen-bond donors (Lipinski definition) is 1. The number of anilines is 1. The van der Waals surface area contributed by atoms with E-state index in [2.05, 4.69) is 54.1 Å². The topological polar surface area (TPSA) is 18.5 Å². The van der Waals surface area contributed by atoms with E-state index < -0.39 is 0 Å². The van der Waals surface area contributed by atoms with Gasteiger partial charge in [-0.15, -0.1) is 0 Å². The molecule has 26 heavy (non-hydrogen) atoms. The molecule has 138 valence electrons. The molecule has 1 fully saturated rings. The first-order valence-electron chi connectivity index (χ1n) is 9.03. The summed E-state index contributed by atoms with van der Waals surface area (Å²) in [6.45, 7) is 10.1. The summed E-state index contributed by atoms with van der Waals surface area (Å²) in [5.41, 5.74) is 6.04. The maximum atomic E-state index is 6.32. The van der Waals surface area contributed by atoms with Crippen molar-refractivity contribution in [3.63, 3.8) is 0 Å². The van der Waals surface area contributed by atoms with E-state index in [0.29, 0.717) is 0 Å². The third kappa shape index (κ3) is 4.56. The van der Waals surface area contributed by atoms with Crippen LogP contribution in [0.25, 0.3) is 0 Å². The van der Waals surface area contributed by atoms with E-state index in [0.717, 1.165) is 48.5 Å². The molecule has 0 saturated carbocycles. The van der Waals surface area contributed by atoms with Gasteiger partial charge in [0.05, 0.1) is 6.67 Å². The van der Waals surface area contributed by atoms with Gasteiger partial charge >= 0.3 is 0 Å². The van der Waals surface area contributed by atoms with Crippen LogP contribution in [0.1, 0.15) is 28.7 Å². The van der Waals surface area contributed by atoms with Gasteiger partial charge in [-0.2, -0.15) is 0 Å². The number of aryl methyl sites for hydroxylation is 3. The van der Waals surface area contributed by atoms with E-state index in [9.17, 15) is 0 Å². The van der Waals surface area contributed by atoms with Crippen LogP contribution < -0.4 is 5.32 Å². The SMILES string of the molecule is Cc1cc(C)c(NC(=S)N2CCCN(Cc3ccccc3Cl)C2)c(C)c1. The van der Waals surface area contributed by atoms with Gasteiger partial charge in [0.25, 0.3) is 0 Å². The van der Waals surface area contributed by atoms with E-state index in [1.165, 1.54) is 22.3 Å². The standard InChI is InChI=1S/C21H26ClN3S/c1-15-11-16(2)20(17(3)12-15)23-21(26)25-10-6-9-24(14-25)13-18-7-4-5-8-19(18)22/h4-5,7-8,11-12H,6,9-10,13-14H2,1-3H3,(H,23,26). The lowest BCUT2D eigenvalue weighted by Gasteiger charge is -2.37. The minimum atomic E-state index is 0.795. The molecule has 0 atom stereocenters. The average Bonchev–Trinajstić information content (AvgIpc) is 2.60. The molecular weight excluding hydrogens is 362 g/mol. The van der Waals surface area contributed by atoms with Gasteiger partial charge in [0, 0.05) is 30.3 Å². The first-order valence-corrected chi connectivity index (χ1v) is 9.82. The monoisotopic (exact) mass is 387 g/mol. The third-order valence-corrected chi connectivity index (χ3v) is 5.55. The summed E-state index contributed by atoms with van der Waals surface area (Å²) in [7, 11) is 0. The highest BCUT2D eigenvalue weighted by molar-refractivity contribution is 7.80. The highest BCUT2D eigenvalue weighted by atomic mass is 35.5. The number of thiocarbonyl (C=S) groups is 1. The van der Waals surface area contributed by atoms with Crippen LogP contribution in [0.2, 0.25) is 5.02 Å². The van der Waals surface area contributed by atoms with E-state index >= 15 is 0 Å². The van der Waals surface area contributed by atoms with E-state index in [1.54, 1.807) is 0 Å². The Morgan fingerprint density at radius 1 is 1.12 bits per heavy atom. The Hall–Kier alpha value is -1.62. The average molecular weight is 388 g/mol. The summed E-state index contributed by atoms with van der Waals surface area (Å²) in [6, 6.07) is 12.4. The summed E-state index contributed by atoms with van der Waals surface area (Å²) in [5.74, 6) is 0. The normalized spacial score (nSPS) is 15.2. The maximum Gasteiger partial charge on any atom is 0.174 e. The van der Waals surface area contributed by atoms with Crippen LogP contribution >= 0.6 is 23.8 Å². The number of benzene rings is 2. The number of rotatable bonds is 3. The van der Waals surface area contributed by atoms with E-state index in [-0.39, 0.29) is 0 Å². The van der Waals surface area contributed by atoms with Gasteiger partial charge in [-0.1, -0.05) is 47.5 Å². The third-order valence-electron chi connectivity index (χ3n) is 4.82. The Morgan fingerprint density at radius 3 is 2.50 bits per heavy atom. The minimum absolute atomic E-state index is 0.795. The second-order valence-electron chi connectivity index (χ2n) is 7.11. The molecule has 0 radical (unpaired) electrons. The van der Waals surface area contributed by atoms with Crippen molar-refractivity contribution in [2.75, 3.05) is 25.1 Å². The van der Waals surface area contributed by atoms with Crippen molar-refractivity contribution in [1.82, 2.24) is 9.80 Å². The molecule has 1 saturated heterocycles. The molecule has 1 heterocycles. The summed E-state index contributed by atoms with van der Waals surface area (Å²) >= 11 is 12.0. The predicted molar refractivity (Wildman–Crippen MR) is 115 cm³/mol. The number of halogens is 1. The molecule has 3 rings (SSSR count). The fraction of sp³-hybridized carbons (Fsp3) is 0.381. The quantitative estimate of drug-likeness (QED) is 0.735. The Labute approximate surface area is 166 Å². The fourth-order valence-electron chi connectivity index (χ4n) is 3.59. The lowest BCUT2D eigenvalue weighted by Crippen LogP contribution is -2.48. The van der Waals surface area contributed by atoms with Crippen LogP contribution in [0.3, 0.4) is 0 Å². The molecule has 3 nitrogen and oxygen atoms in total. The molecule has 0 aliphatic carbocycles. The number of nitrogens with zero attached hydrogens (tertiary/aromatic N) is 2. The highest BCUT2D eigenvalue weighted by Crippen LogP contribution is 2.23. The Balaban J connectivity index is 1.66. The Morgan fingerprint density at radius 2 is 1.81 bits per heavy atom. The molecule has 1 aliphatic heterocycles. The van der Waals surface area contributed by atoms with E-state index in [4.69, 9.17) is 23.8 Å². The molecule has 0 bridgehead atoms. The summed E-state index contributed by atoms with van der Waals surface area (Å²) < 4.78 is 0. The Kier molecular flexibility index (Phi) is 6.17. The van der Waals surface area contributed by atoms with Crippen molar-refractivity contribution in [1.29, 1.82) is 0 Å². The van der Waals surface area contributed by atoms with Crippen LogP contribution in [0.5, 0.6) is 0 Å². The van der Waals surface area contributed by atoms with Crippen LogP contribution in [0.4, 0.5) is 5.69 Å². The van der Waals surface area contributed by atoms with Crippen molar-refractivity contribution in [2.24, 2.45) is 0 Å². The van der Waals surface area contributed by atoms with Crippen molar-refractivity contribution >= 4 is 34.6 Å². The van der Waals surface area contributed by atoms with Gasteiger partial charge in [0.2, 0.25) is 0 Å². The van der Waals surface area contributed by atoms with Gasteiger partial charge in [0.1, 0.15) is 0 Å². The van der Waals surface area contributed by atoms with Gasteiger partial charge in [-0.3, -0.25) is 4.90 Å². The van der Waals surface area contributed by atoms with Crippen molar-refractivity contribution in [3.05, 3.63) is 63.7 Å². The zero-order valence-electron chi connectivity index (χ0n) is 15.7. The molecule has 1 N–H and O–H groups in total. The smallest absolute Gasteiger partial charge is 0.174 e. The molecule has 0 amide bonds. The first kappa shape index (κ1) is 19.2. The van der Waals surface area contributed by atoms with Crippen LogP contribution in [-0.4, -0.2) is 34.7 Å². The number of hydrogen-bond acceptors (Lipinski definition) is 2. The summed E-state index contributed by atoms with van der Waals surface area (Å²) in [5, 5.41) is 5.10. The van der Waals surface area contributed by atoms with Gasteiger partial charge in [-0.25, -0.2) is 0 Å². The van der Waals surface area contributed by atoms with Crippen LogP contribution in [0, 0.1) is 20.8 Å². The van der Waals surface area contributed by atoms with Crippen molar-refractivity contribution in [3.8, 4) is 0 Å². The second kappa shape index (κ2) is 8.38. The van der Waals surface area contributed by atoms with Crippen LogP contribution in [-0.2, 0) is 6.54 Å². The molecule has 2 aromatic carbocycles. The maximum absolute atomic E-state index is 6.32. The van der Waals surface area contributed by atoms with Gasteiger partial charge in [-0.05, 0) is 62.2 Å². The molecule has 5 heteroatoms. The molecule has 2 aromatic rings. The molecule has 0 aromatic heterocycles.